The summed E-state index contributed by atoms with van der Waals surface area (Å²) in [5.74, 6) is -1.40. The fourth-order valence-electron chi connectivity index (χ4n) is 2.84. The second kappa shape index (κ2) is 13.0. The maximum atomic E-state index is 12.5. The van der Waals surface area contributed by atoms with Crippen LogP contribution in [0.25, 0.3) is 12.2 Å². The number of nitriles is 1. The van der Waals surface area contributed by atoms with E-state index in [0.717, 1.165) is 0 Å². The van der Waals surface area contributed by atoms with E-state index >= 15 is 0 Å². The Labute approximate surface area is 199 Å². The van der Waals surface area contributed by atoms with Crippen molar-refractivity contribution in [2.45, 2.75) is 20.3 Å². The molecule has 0 aliphatic carbocycles. The lowest BCUT2D eigenvalue weighted by atomic mass is 10.0. The summed E-state index contributed by atoms with van der Waals surface area (Å²) in [5, 5.41) is 9.13. The monoisotopic (exact) mass is 483 g/mol. The average molecular weight is 484 g/mol. The summed E-state index contributed by atoms with van der Waals surface area (Å²) in [5.41, 5.74) is 1.98. The van der Waals surface area contributed by atoms with Crippen LogP contribution in [0.15, 0.2) is 54.6 Å². The molecule has 0 aliphatic rings. The molecule has 34 heavy (non-hydrogen) atoms. The number of benzene rings is 2. The van der Waals surface area contributed by atoms with Crippen molar-refractivity contribution >= 4 is 34.2 Å². The molecule has 0 unspecified atom stereocenters. The Morgan fingerprint density at radius 3 is 2.03 bits per heavy atom. The van der Waals surface area contributed by atoms with Crippen LogP contribution in [0.5, 0.6) is 5.75 Å². The van der Waals surface area contributed by atoms with Crippen molar-refractivity contribution in [3.05, 3.63) is 76.9 Å². The molecule has 0 bridgehead atoms. The van der Waals surface area contributed by atoms with Crippen LogP contribution in [0.2, 0.25) is 0 Å². The molecule has 2 rings (SSSR count). The highest BCUT2D eigenvalue weighted by molar-refractivity contribution is 7.87. The highest BCUT2D eigenvalue weighted by Crippen LogP contribution is 2.20. The van der Waals surface area contributed by atoms with Gasteiger partial charge in [-0.15, -0.1) is 0 Å². The number of carbonyl (C=O) groups excluding carboxylic acids is 2. The van der Waals surface area contributed by atoms with Crippen molar-refractivity contribution in [3.63, 3.8) is 0 Å². The number of nitrogens with zero attached hydrogens (tertiary/aromatic N) is 1. The summed E-state index contributed by atoms with van der Waals surface area (Å²) in [6.45, 7) is 3.87. The highest BCUT2D eigenvalue weighted by atomic mass is 32.2. The number of ether oxygens (including phenoxy) is 2. The Hall–Kier alpha value is -3.90. The average Bonchev–Trinajstić information content (AvgIpc) is 2.81. The van der Waals surface area contributed by atoms with Crippen molar-refractivity contribution in [1.82, 2.24) is 0 Å². The number of carbonyl (C=O) groups is 2. The molecule has 0 saturated carbocycles. The van der Waals surface area contributed by atoms with Crippen molar-refractivity contribution in [2.24, 2.45) is 0 Å². The molecular weight excluding hydrogens is 458 g/mol. The van der Waals surface area contributed by atoms with Gasteiger partial charge in [-0.05, 0) is 67.3 Å². The van der Waals surface area contributed by atoms with E-state index in [4.69, 9.17) is 18.9 Å². The molecule has 0 atom stereocenters. The third kappa shape index (κ3) is 8.92. The molecule has 0 heterocycles. The lowest BCUT2D eigenvalue weighted by Gasteiger charge is -2.09. The summed E-state index contributed by atoms with van der Waals surface area (Å²) >= 11 is 0. The Morgan fingerprint density at radius 1 is 0.941 bits per heavy atom. The topological polar surface area (TPSA) is 120 Å². The minimum absolute atomic E-state index is 0.0332. The van der Waals surface area contributed by atoms with E-state index < -0.39 is 22.1 Å². The van der Waals surface area contributed by atoms with Gasteiger partial charge in [0, 0.05) is 12.2 Å². The van der Waals surface area contributed by atoms with E-state index in [-0.39, 0.29) is 36.7 Å². The van der Waals surface area contributed by atoms with Crippen LogP contribution >= 0.6 is 0 Å². The van der Waals surface area contributed by atoms with Gasteiger partial charge in [0.25, 0.3) is 0 Å². The first-order valence-corrected chi connectivity index (χ1v) is 12.1. The fraction of sp³-hybridized carbons (Fsp3) is 0.240. The molecule has 178 valence electrons. The lowest BCUT2D eigenvalue weighted by Crippen LogP contribution is -2.16. The smallest absolute Gasteiger partial charge is 0.330 e. The van der Waals surface area contributed by atoms with Gasteiger partial charge in [-0.2, -0.15) is 13.7 Å². The van der Waals surface area contributed by atoms with Crippen molar-refractivity contribution < 1.29 is 31.7 Å². The number of hydrogen-bond acceptors (Lipinski definition) is 8. The van der Waals surface area contributed by atoms with Crippen LogP contribution in [-0.2, 0) is 35.6 Å². The van der Waals surface area contributed by atoms with Crippen LogP contribution in [0, 0.1) is 11.3 Å². The standard InChI is InChI=1S/C25H25NO7S/c1-3-31-24(27)11-9-19-15-20(10-12-25(28)32-4-2)17-21(16-19)13-14-34(29,30)33-23-8-6-5-7-22(23)18-26/h5-12,15-17H,3-4,13-14H2,1-2H3/b11-9+,12-10+. The maximum Gasteiger partial charge on any atom is 0.330 e. The minimum atomic E-state index is -3.99. The van der Waals surface area contributed by atoms with Crippen molar-refractivity contribution in [1.29, 1.82) is 5.26 Å². The van der Waals surface area contributed by atoms with Gasteiger partial charge in [-0.25, -0.2) is 9.59 Å². The molecule has 0 N–H and O–H groups in total. The number of para-hydroxylation sites is 1. The second-order valence-electron chi connectivity index (χ2n) is 6.88. The molecule has 2 aromatic carbocycles. The summed E-state index contributed by atoms with van der Waals surface area (Å²) in [6.07, 6.45) is 5.70. The third-order valence-corrected chi connectivity index (χ3v) is 5.44. The number of hydrogen-bond donors (Lipinski definition) is 0. The Morgan fingerprint density at radius 2 is 1.50 bits per heavy atom. The van der Waals surface area contributed by atoms with Crippen molar-refractivity contribution in [2.75, 3.05) is 19.0 Å². The van der Waals surface area contributed by atoms with Crippen LogP contribution in [0.4, 0.5) is 0 Å². The predicted octanol–water partition coefficient (Wildman–Crippen LogP) is 3.66. The van der Waals surface area contributed by atoms with E-state index in [1.165, 1.54) is 36.4 Å². The van der Waals surface area contributed by atoms with Gasteiger partial charge in [0.2, 0.25) is 0 Å². The SMILES string of the molecule is CCOC(=O)/C=C/c1cc(/C=C/C(=O)OCC)cc(CCS(=O)(=O)Oc2ccccc2C#N)c1. The van der Waals surface area contributed by atoms with Crippen molar-refractivity contribution in [3.8, 4) is 11.8 Å². The zero-order valence-electron chi connectivity index (χ0n) is 18.9. The Balaban J connectivity index is 2.25. The molecule has 8 nitrogen and oxygen atoms in total. The predicted molar refractivity (Wildman–Crippen MR) is 127 cm³/mol. The first-order chi connectivity index (χ1) is 16.3. The summed E-state index contributed by atoms with van der Waals surface area (Å²) in [4.78, 5) is 23.3. The van der Waals surface area contributed by atoms with Gasteiger partial charge in [-0.1, -0.05) is 24.3 Å². The van der Waals surface area contributed by atoms with Gasteiger partial charge >= 0.3 is 22.1 Å². The van der Waals surface area contributed by atoms with Crippen LogP contribution in [0.1, 0.15) is 36.1 Å². The Bertz CT molecular complexity index is 1180. The third-order valence-electron chi connectivity index (χ3n) is 4.30. The molecule has 0 saturated heterocycles. The van der Waals surface area contributed by atoms with Crippen LogP contribution in [0.3, 0.4) is 0 Å². The fourth-order valence-corrected chi connectivity index (χ4v) is 3.83. The first kappa shape index (κ1) is 26.4. The van der Waals surface area contributed by atoms with E-state index in [0.29, 0.717) is 16.7 Å². The largest absolute Gasteiger partial charge is 0.463 e. The Kier molecular flexibility index (Phi) is 10.0. The normalized spacial score (nSPS) is 11.3. The number of rotatable bonds is 11. The van der Waals surface area contributed by atoms with E-state index in [1.54, 1.807) is 44.2 Å². The molecule has 0 amide bonds. The molecule has 2 aromatic rings. The van der Waals surface area contributed by atoms with E-state index in [2.05, 4.69) is 0 Å². The van der Waals surface area contributed by atoms with Crippen LogP contribution in [-0.4, -0.2) is 39.3 Å². The number of aryl methyl sites for hydroxylation is 1. The van der Waals surface area contributed by atoms with E-state index in [9.17, 15) is 18.0 Å². The van der Waals surface area contributed by atoms with Gasteiger partial charge in [0.05, 0.1) is 24.5 Å². The first-order valence-electron chi connectivity index (χ1n) is 10.5. The molecule has 0 spiro atoms. The van der Waals surface area contributed by atoms with Gasteiger partial charge in [0.15, 0.2) is 5.75 Å². The quantitative estimate of drug-likeness (QED) is 0.270. The zero-order chi connectivity index (χ0) is 25.0. The van der Waals surface area contributed by atoms with Gasteiger partial charge < -0.3 is 13.7 Å². The van der Waals surface area contributed by atoms with Crippen LogP contribution < -0.4 is 4.18 Å². The molecule has 9 heteroatoms. The summed E-state index contributed by atoms with van der Waals surface area (Å²) < 4.78 is 39.9. The summed E-state index contributed by atoms with van der Waals surface area (Å²) in [7, 11) is -3.99. The van der Waals surface area contributed by atoms with E-state index in [1.807, 2.05) is 6.07 Å². The second-order valence-corrected chi connectivity index (χ2v) is 8.57. The molecular formula is C25H25NO7S. The molecule has 0 radical (unpaired) electrons. The highest BCUT2D eigenvalue weighted by Gasteiger charge is 2.16. The molecule has 0 aliphatic heterocycles. The zero-order valence-corrected chi connectivity index (χ0v) is 19.7. The lowest BCUT2D eigenvalue weighted by molar-refractivity contribution is -0.138. The number of esters is 2. The summed E-state index contributed by atoms with van der Waals surface area (Å²) in [6, 6.07) is 13.1. The van der Waals surface area contributed by atoms with Gasteiger partial charge in [0.1, 0.15) is 6.07 Å². The van der Waals surface area contributed by atoms with Gasteiger partial charge in [-0.3, -0.25) is 0 Å². The molecule has 0 aromatic heterocycles. The molecule has 0 fully saturated rings. The maximum absolute atomic E-state index is 12.5. The minimum Gasteiger partial charge on any atom is -0.463 e.